The molecule has 1 aliphatic rings. The van der Waals surface area contributed by atoms with Crippen LogP contribution in [0.2, 0.25) is 0 Å². The molecular weight excluding hydrogens is 302 g/mol. The Hall–Kier alpha value is -2.44. The Balaban J connectivity index is 2.22. The van der Waals surface area contributed by atoms with Crippen molar-refractivity contribution in [2.24, 2.45) is 0 Å². The summed E-state index contributed by atoms with van der Waals surface area (Å²) in [4.78, 5) is 23.9. The number of aromatic hydroxyl groups is 1. The quantitative estimate of drug-likeness (QED) is 0.813. The third-order valence-electron chi connectivity index (χ3n) is 2.89. The molecule has 7 nitrogen and oxygen atoms in total. The third-order valence-corrected chi connectivity index (χ3v) is 2.89. The van der Waals surface area contributed by atoms with Gasteiger partial charge in [0, 0.05) is 26.5 Å². The van der Waals surface area contributed by atoms with Gasteiger partial charge < -0.3 is 24.6 Å². The highest BCUT2D eigenvalue weighted by Gasteiger charge is 2.36. The van der Waals surface area contributed by atoms with Gasteiger partial charge >= 0.3 is 12.1 Å². The zero-order valence-electron chi connectivity index (χ0n) is 13.9. The molecule has 0 spiro atoms. The normalized spacial score (nSPS) is 16.0. The first-order valence-electron chi connectivity index (χ1n) is 7.22. The van der Waals surface area contributed by atoms with Crippen LogP contribution in [0.3, 0.4) is 0 Å². The minimum Gasteiger partial charge on any atom is -0.508 e. The van der Waals surface area contributed by atoms with Gasteiger partial charge in [-0.15, -0.1) is 0 Å². The zero-order valence-corrected chi connectivity index (χ0v) is 13.9. The standard InChI is InChI=1S/C16H21NO6/c1-15(2,3)23-14(20)17-8-9-6-10(18)7-11-12(9)13(19)22-16(4,5)21-11/h6-7,18H,8H2,1-5H3,(H,17,20). The lowest BCUT2D eigenvalue weighted by Gasteiger charge is -2.32. The maximum absolute atomic E-state index is 12.2. The topological polar surface area (TPSA) is 94.1 Å². The number of phenols is 1. The highest BCUT2D eigenvalue weighted by atomic mass is 16.7. The third kappa shape index (κ3) is 4.28. The summed E-state index contributed by atoms with van der Waals surface area (Å²) in [7, 11) is 0. The maximum Gasteiger partial charge on any atom is 0.407 e. The van der Waals surface area contributed by atoms with Crippen LogP contribution in [-0.2, 0) is 16.0 Å². The highest BCUT2D eigenvalue weighted by molar-refractivity contribution is 5.95. The van der Waals surface area contributed by atoms with Crippen molar-refractivity contribution in [3.63, 3.8) is 0 Å². The lowest BCUT2D eigenvalue weighted by Crippen LogP contribution is -2.40. The summed E-state index contributed by atoms with van der Waals surface area (Å²) in [5.74, 6) is -1.55. The predicted octanol–water partition coefficient (Wildman–Crippen LogP) is 2.70. The molecule has 0 bridgehead atoms. The number of hydrogen-bond donors (Lipinski definition) is 2. The van der Waals surface area contributed by atoms with Gasteiger partial charge in [0.25, 0.3) is 0 Å². The highest BCUT2D eigenvalue weighted by Crippen LogP contribution is 2.36. The van der Waals surface area contributed by atoms with Gasteiger partial charge in [-0.2, -0.15) is 0 Å². The van der Waals surface area contributed by atoms with Gasteiger partial charge in [0.1, 0.15) is 22.7 Å². The van der Waals surface area contributed by atoms with Crippen LogP contribution in [-0.4, -0.2) is 28.6 Å². The predicted molar refractivity (Wildman–Crippen MR) is 81.3 cm³/mol. The minimum absolute atomic E-state index is 0.00939. The van der Waals surface area contributed by atoms with Gasteiger partial charge in [-0.3, -0.25) is 0 Å². The van der Waals surface area contributed by atoms with E-state index in [1.165, 1.54) is 12.1 Å². The Morgan fingerprint density at radius 1 is 1.30 bits per heavy atom. The number of ether oxygens (including phenoxy) is 3. The molecule has 7 heteroatoms. The van der Waals surface area contributed by atoms with Crippen molar-refractivity contribution in [3.05, 3.63) is 23.3 Å². The zero-order chi connectivity index (χ0) is 17.4. The molecule has 2 rings (SSSR count). The average Bonchev–Trinajstić information content (AvgIpc) is 2.31. The molecule has 0 radical (unpaired) electrons. The maximum atomic E-state index is 12.2. The van der Waals surface area contributed by atoms with E-state index in [2.05, 4.69) is 5.32 Å². The van der Waals surface area contributed by atoms with Gasteiger partial charge in [0.2, 0.25) is 5.79 Å². The number of carbonyl (C=O) groups is 2. The van der Waals surface area contributed by atoms with Crippen LogP contribution < -0.4 is 10.1 Å². The van der Waals surface area contributed by atoms with Crippen LogP contribution in [0.4, 0.5) is 4.79 Å². The van der Waals surface area contributed by atoms with Crippen LogP contribution in [0.15, 0.2) is 12.1 Å². The van der Waals surface area contributed by atoms with Crippen molar-refractivity contribution in [2.45, 2.75) is 52.6 Å². The second kappa shape index (κ2) is 5.64. The fourth-order valence-corrected chi connectivity index (χ4v) is 2.15. The minimum atomic E-state index is -1.12. The van der Waals surface area contributed by atoms with E-state index in [1.54, 1.807) is 34.6 Å². The number of rotatable bonds is 2. The first kappa shape index (κ1) is 16.9. The van der Waals surface area contributed by atoms with Crippen LogP contribution in [0.1, 0.15) is 50.5 Å². The molecule has 0 saturated carbocycles. The van der Waals surface area contributed by atoms with Crippen molar-refractivity contribution in [2.75, 3.05) is 0 Å². The number of carbonyl (C=O) groups excluding carboxylic acids is 2. The van der Waals surface area contributed by atoms with Gasteiger partial charge in [0.15, 0.2) is 0 Å². The molecule has 1 aliphatic heterocycles. The molecule has 1 aromatic carbocycles. The molecule has 23 heavy (non-hydrogen) atoms. The summed E-state index contributed by atoms with van der Waals surface area (Å²) in [6.45, 7) is 8.42. The summed E-state index contributed by atoms with van der Waals surface area (Å²) < 4.78 is 15.9. The lowest BCUT2D eigenvalue weighted by atomic mass is 10.0. The number of alkyl carbamates (subject to hydrolysis) is 1. The number of amides is 1. The van der Waals surface area contributed by atoms with E-state index in [0.29, 0.717) is 5.56 Å². The molecule has 0 fully saturated rings. The van der Waals surface area contributed by atoms with Gasteiger partial charge in [0.05, 0.1) is 0 Å². The molecule has 0 atom stereocenters. The lowest BCUT2D eigenvalue weighted by molar-refractivity contribution is -0.127. The van der Waals surface area contributed by atoms with Crippen molar-refractivity contribution < 1.29 is 28.9 Å². The molecule has 1 amide bonds. The Kier molecular flexibility index (Phi) is 4.15. The second-order valence-corrected chi connectivity index (χ2v) is 6.72. The summed E-state index contributed by atoms with van der Waals surface area (Å²) >= 11 is 0. The van der Waals surface area contributed by atoms with Gasteiger partial charge in [-0.25, -0.2) is 9.59 Å². The Morgan fingerprint density at radius 3 is 2.57 bits per heavy atom. The first-order valence-corrected chi connectivity index (χ1v) is 7.22. The van der Waals surface area contributed by atoms with E-state index >= 15 is 0 Å². The number of hydrogen-bond acceptors (Lipinski definition) is 6. The molecule has 1 aromatic rings. The summed E-state index contributed by atoms with van der Waals surface area (Å²) in [5, 5.41) is 12.3. The average molecular weight is 323 g/mol. The van der Waals surface area contributed by atoms with E-state index in [-0.39, 0.29) is 23.6 Å². The van der Waals surface area contributed by atoms with E-state index in [4.69, 9.17) is 14.2 Å². The van der Waals surface area contributed by atoms with Crippen molar-refractivity contribution in [1.82, 2.24) is 5.32 Å². The second-order valence-electron chi connectivity index (χ2n) is 6.72. The Labute approximate surface area is 134 Å². The molecule has 2 N–H and O–H groups in total. The number of fused-ring (bicyclic) bond motifs is 1. The summed E-state index contributed by atoms with van der Waals surface area (Å²) in [6, 6.07) is 2.72. The number of benzene rings is 1. The smallest absolute Gasteiger partial charge is 0.407 e. The molecule has 0 unspecified atom stereocenters. The molecule has 126 valence electrons. The molecule has 0 aliphatic carbocycles. The monoisotopic (exact) mass is 323 g/mol. The van der Waals surface area contributed by atoms with Gasteiger partial charge in [-0.1, -0.05) is 0 Å². The van der Waals surface area contributed by atoms with Crippen LogP contribution in [0.25, 0.3) is 0 Å². The molecule has 0 saturated heterocycles. The number of nitrogens with one attached hydrogen (secondary N) is 1. The van der Waals surface area contributed by atoms with Crippen LogP contribution >= 0.6 is 0 Å². The Morgan fingerprint density at radius 2 is 1.96 bits per heavy atom. The van der Waals surface area contributed by atoms with Crippen molar-refractivity contribution >= 4 is 12.1 Å². The SMILES string of the molecule is CC(C)(C)OC(=O)NCc1cc(O)cc2c1C(=O)OC(C)(C)O2. The summed E-state index contributed by atoms with van der Waals surface area (Å²) in [6.07, 6.45) is -0.625. The number of esters is 1. The van der Waals surface area contributed by atoms with Crippen molar-refractivity contribution in [1.29, 1.82) is 0 Å². The first-order chi connectivity index (χ1) is 10.5. The molecular formula is C16H21NO6. The van der Waals surface area contributed by atoms with Crippen LogP contribution in [0, 0.1) is 0 Å². The molecule has 0 aromatic heterocycles. The van der Waals surface area contributed by atoms with E-state index in [1.807, 2.05) is 0 Å². The fourth-order valence-electron chi connectivity index (χ4n) is 2.15. The fraction of sp³-hybridized carbons (Fsp3) is 0.500. The molecule has 1 heterocycles. The van der Waals surface area contributed by atoms with E-state index in [9.17, 15) is 14.7 Å². The van der Waals surface area contributed by atoms with E-state index in [0.717, 1.165) is 0 Å². The number of phenolic OH excluding ortho intramolecular Hbond substituents is 1. The van der Waals surface area contributed by atoms with E-state index < -0.39 is 23.5 Å². The van der Waals surface area contributed by atoms with Gasteiger partial charge in [-0.05, 0) is 32.4 Å². The largest absolute Gasteiger partial charge is 0.508 e. The Bertz CT molecular complexity index is 645. The van der Waals surface area contributed by atoms with Crippen molar-refractivity contribution in [3.8, 4) is 11.5 Å². The number of cyclic esters (lactones) is 1. The van der Waals surface area contributed by atoms with Crippen LogP contribution in [0.5, 0.6) is 11.5 Å². The summed E-state index contributed by atoms with van der Waals surface area (Å²) in [5.41, 5.74) is -0.0708.